The zero-order valence-corrected chi connectivity index (χ0v) is 12.2. The third-order valence-corrected chi connectivity index (χ3v) is 4.97. The van der Waals surface area contributed by atoms with E-state index in [1.165, 1.54) is 37.9 Å². The number of ether oxygens (including phenoxy) is 1. The summed E-state index contributed by atoms with van der Waals surface area (Å²) in [5.74, 6) is 0.558. The van der Waals surface area contributed by atoms with Crippen LogP contribution in [0.3, 0.4) is 0 Å². The molecule has 0 spiro atoms. The first kappa shape index (κ1) is 13.6. The Morgan fingerprint density at radius 1 is 1.50 bits per heavy atom. The van der Waals surface area contributed by atoms with E-state index in [-0.39, 0.29) is 5.97 Å². The van der Waals surface area contributed by atoms with Gasteiger partial charge in [-0.3, -0.25) is 0 Å². The first-order chi connectivity index (χ1) is 8.61. The predicted octanol–water partition coefficient (Wildman–Crippen LogP) is 2.73. The van der Waals surface area contributed by atoms with Gasteiger partial charge >= 0.3 is 5.97 Å². The van der Waals surface area contributed by atoms with E-state index >= 15 is 0 Å². The van der Waals surface area contributed by atoms with E-state index < -0.39 is 0 Å². The van der Waals surface area contributed by atoms with Crippen LogP contribution in [0.2, 0.25) is 0 Å². The van der Waals surface area contributed by atoms with Gasteiger partial charge in [-0.15, -0.1) is 11.3 Å². The zero-order chi connectivity index (χ0) is 13.1. The van der Waals surface area contributed by atoms with Gasteiger partial charge in [0.25, 0.3) is 0 Å². The number of esters is 1. The molecule has 0 radical (unpaired) electrons. The van der Waals surface area contributed by atoms with Gasteiger partial charge in [0.1, 0.15) is 0 Å². The molecule has 0 bridgehead atoms. The van der Waals surface area contributed by atoms with Crippen LogP contribution < -0.4 is 0 Å². The summed E-state index contributed by atoms with van der Waals surface area (Å²) >= 11 is 1.70. The van der Waals surface area contributed by atoms with Crippen molar-refractivity contribution in [3.8, 4) is 0 Å². The lowest BCUT2D eigenvalue weighted by molar-refractivity contribution is 0.0600. The van der Waals surface area contributed by atoms with Crippen LogP contribution in [0.5, 0.6) is 0 Å². The standard InChI is InChI=1S/C14H21NO2S/c1-10-12(14(16)17-3)9-18-13(10)8-11-4-6-15(2)7-5-11/h9,11H,4-8H2,1-3H3. The number of likely N-dealkylation sites (tertiary alicyclic amines) is 1. The summed E-state index contributed by atoms with van der Waals surface area (Å²) in [6.45, 7) is 4.42. The maximum Gasteiger partial charge on any atom is 0.338 e. The quantitative estimate of drug-likeness (QED) is 0.789. The van der Waals surface area contributed by atoms with Gasteiger partial charge in [0.05, 0.1) is 12.7 Å². The van der Waals surface area contributed by atoms with Gasteiger partial charge in [0.2, 0.25) is 0 Å². The lowest BCUT2D eigenvalue weighted by atomic mass is 9.92. The highest BCUT2D eigenvalue weighted by molar-refractivity contribution is 7.10. The first-order valence-electron chi connectivity index (χ1n) is 6.45. The van der Waals surface area contributed by atoms with Crippen molar-refractivity contribution in [1.29, 1.82) is 0 Å². The molecule has 0 amide bonds. The Hall–Kier alpha value is -0.870. The molecule has 1 aliphatic heterocycles. The predicted molar refractivity (Wildman–Crippen MR) is 74.3 cm³/mol. The van der Waals surface area contributed by atoms with Gasteiger partial charge in [-0.05, 0) is 57.8 Å². The number of carbonyl (C=O) groups is 1. The van der Waals surface area contributed by atoms with Crippen LogP contribution in [0.1, 0.15) is 33.6 Å². The van der Waals surface area contributed by atoms with Gasteiger partial charge in [-0.2, -0.15) is 0 Å². The van der Waals surface area contributed by atoms with Crippen molar-refractivity contribution >= 4 is 17.3 Å². The molecule has 1 aromatic rings. The van der Waals surface area contributed by atoms with Crippen molar-refractivity contribution in [2.45, 2.75) is 26.2 Å². The molecule has 2 rings (SSSR count). The van der Waals surface area contributed by atoms with Crippen LogP contribution in [-0.2, 0) is 11.2 Å². The molecule has 1 aromatic heterocycles. The summed E-state index contributed by atoms with van der Waals surface area (Å²) in [7, 11) is 3.62. The molecule has 18 heavy (non-hydrogen) atoms. The highest BCUT2D eigenvalue weighted by atomic mass is 32.1. The number of methoxy groups -OCH3 is 1. The van der Waals surface area contributed by atoms with Crippen LogP contribution in [-0.4, -0.2) is 38.1 Å². The number of nitrogens with zero attached hydrogens (tertiary/aromatic N) is 1. The summed E-state index contributed by atoms with van der Waals surface area (Å²) in [4.78, 5) is 15.3. The van der Waals surface area contributed by atoms with Crippen LogP contribution in [0.25, 0.3) is 0 Å². The van der Waals surface area contributed by atoms with Gasteiger partial charge in [-0.25, -0.2) is 4.79 Å². The average Bonchev–Trinajstić information content (AvgIpc) is 2.73. The van der Waals surface area contributed by atoms with Crippen LogP contribution in [0.15, 0.2) is 5.38 Å². The molecule has 0 saturated carbocycles. The summed E-state index contributed by atoms with van der Waals surface area (Å²) in [6, 6.07) is 0. The Balaban J connectivity index is 2.02. The van der Waals surface area contributed by atoms with E-state index in [1.54, 1.807) is 11.3 Å². The monoisotopic (exact) mass is 267 g/mol. The normalized spacial score (nSPS) is 17.9. The Morgan fingerprint density at radius 2 is 2.17 bits per heavy atom. The van der Waals surface area contributed by atoms with Gasteiger partial charge in [0, 0.05) is 10.3 Å². The van der Waals surface area contributed by atoms with Crippen LogP contribution in [0, 0.1) is 12.8 Å². The lowest BCUT2D eigenvalue weighted by Gasteiger charge is -2.28. The van der Waals surface area contributed by atoms with Gasteiger partial charge in [-0.1, -0.05) is 0 Å². The zero-order valence-electron chi connectivity index (χ0n) is 11.4. The molecule has 3 nitrogen and oxygen atoms in total. The number of carbonyl (C=O) groups excluding carboxylic acids is 1. The number of hydrogen-bond acceptors (Lipinski definition) is 4. The second-order valence-corrected chi connectivity index (χ2v) is 6.10. The highest BCUT2D eigenvalue weighted by Gasteiger charge is 2.21. The van der Waals surface area contributed by atoms with Gasteiger partial charge < -0.3 is 9.64 Å². The van der Waals surface area contributed by atoms with Crippen LogP contribution in [0.4, 0.5) is 0 Å². The third-order valence-electron chi connectivity index (χ3n) is 3.86. The molecular weight excluding hydrogens is 246 g/mol. The average molecular weight is 267 g/mol. The van der Waals surface area contributed by atoms with Crippen molar-refractivity contribution in [3.63, 3.8) is 0 Å². The molecule has 1 aliphatic rings. The maximum atomic E-state index is 11.6. The first-order valence-corrected chi connectivity index (χ1v) is 7.33. The maximum absolute atomic E-state index is 11.6. The topological polar surface area (TPSA) is 29.5 Å². The molecule has 1 fully saturated rings. The number of rotatable bonds is 3. The number of hydrogen-bond donors (Lipinski definition) is 0. The summed E-state index contributed by atoms with van der Waals surface area (Å²) < 4.78 is 4.80. The molecule has 0 aliphatic carbocycles. The second kappa shape index (κ2) is 5.85. The minimum atomic E-state index is -0.210. The SMILES string of the molecule is COC(=O)c1csc(CC2CCN(C)CC2)c1C. The fourth-order valence-electron chi connectivity index (χ4n) is 2.50. The third kappa shape index (κ3) is 2.93. The smallest absolute Gasteiger partial charge is 0.338 e. The van der Waals surface area contributed by atoms with E-state index in [4.69, 9.17) is 4.74 Å². The van der Waals surface area contributed by atoms with Crippen LogP contribution >= 0.6 is 11.3 Å². The molecule has 1 saturated heterocycles. The second-order valence-electron chi connectivity index (χ2n) is 5.14. The summed E-state index contributed by atoms with van der Waals surface area (Å²) in [5, 5.41) is 1.94. The lowest BCUT2D eigenvalue weighted by Crippen LogP contribution is -2.30. The molecule has 4 heteroatoms. The van der Waals surface area contributed by atoms with Crippen molar-refractivity contribution < 1.29 is 9.53 Å². The molecule has 0 unspecified atom stereocenters. The molecule has 0 aromatic carbocycles. The van der Waals surface area contributed by atoms with E-state index in [9.17, 15) is 4.79 Å². The van der Waals surface area contributed by atoms with Gasteiger partial charge in [0.15, 0.2) is 0 Å². The van der Waals surface area contributed by atoms with E-state index in [2.05, 4.69) is 11.9 Å². The van der Waals surface area contributed by atoms with Crippen molar-refractivity contribution in [3.05, 3.63) is 21.4 Å². The Bertz CT molecular complexity index is 419. The molecular formula is C14H21NO2S. The number of piperidine rings is 1. The largest absolute Gasteiger partial charge is 0.465 e. The molecule has 0 N–H and O–H groups in total. The molecule has 100 valence electrons. The van der Waals surface area contributed by atoms with Crippen molar-refractivity contribution in [2.24, 2.45) is 5.92 Å². The minimum Gasteiger partial charge on any atom is -0.465 e. The van der Waals surface area contributed by atoms with E-state index in [0.717, 1.165) is 23.5 Å². The van der Waals surface area contributed by atoms with E-state index in [1.807, 2.05) is 12.3 Å². The fourth-order valence-corrected chi connectivity index (χ4v) is 3.65. The Morgan fingerprint density at radius 3 is 2.78 bits per heavy atom. The Kier molecular flexibility index (Phi) is 4.40. The van der Waals surface area contributed by atoms with Crippen molar-refractivity contribution in [2.75, 3.05) is 27.2 Å². The highest BCUT2D eigenvalue weighted by Crippen LogP contribution is 2.28. The Labute approximate surface area is 113 Å². The molecule has 0 atom stereocenters. The van der Waals surface area contributed by atoms with E-state index in [0.29, 0.717) is 0 Å². The minimum absolute atomic E-state index is 0.210. The summed E-state index contributed by atoms with van der Waals surface area (Å²) in [5.41, 5.74) is 1.86. The fraction of sp³-hybridized carbons (Fsp3) is 0.643. The molecule has 2 heterocycles. The van der Waals surface area contributed by atoms with Crippen molar-refractivity contribution in [1.82, 2.24) is 4.90 Å². The number of thiophene rings is 1. The summed E-state index contributed by atoms with van der Waals surface area (Å²) in [6.07, 6.45) is 3.64.